The Balaban J connectivity index is 1.77. The quantitative estimate of drug-likeness (QED) is 0.897. The van der Waals surface area contributed by atoms with Crippen molar-refractivity contribution in [1.29, 1.82) is 0 Å². The molecule has 0 unspecified atom stereocenters. The molecular formula is C21H26N2O3. The molecule has 1 amide bonds. The van der Waals surface area contributed by atoms with Crippen LogP contribution in [-0.4, -0.2) is 40.6 Å². The van der Waals surface area contributed by atoms with Gasteiger partial charge in [-0.1, -0.05) is 18.2 Å². The van der Waals surface area contributed by atoms with E-state index in [0.29, 0.717) is 13.0 Å². The number of benzene rings is 1. The first-order valence-electron chi connectivity index (χ1n) is 8.99. The van der Waals surface area contributed by atoms with E-state index >= 15 is 0 Å². The normalized spacial score (nSPS) is 19.2. The first-order valence-corrected chi connectivity index (χ1v) is 8.99. The predicted octanol–water partition coefficient (Wildman–Crippen LogP) is 2.84. The van der Waals surface area contributed by atoms with Gasteiger partial charge in [-0.3, -0.25) is 9.78 Å². The number of pyridine rings is 1. The molecule has 0 radical (unpaired) electrons. The molecule has 2 heterocycles. The first-order chi connectivity index (χ1) is 12.4. The van der Waals surface area contributed by atoms with Crippen LogP contribution in [0, 0.1) is 6.92 Å². The second-order valence-corrected chi connectivity index (χ2v) is 7.11. The highest BCUT2D eigenvalue weighted by atomic mass is 16.5. The molecule has 5 nitrogen and oxygen atoms in total. The molecule has 0 spiro atoms. The molecule has 1 aliphatic heterocycles. The number of carbonyl (C=O) groups is 1. The summed E-state index contributed by atoms with van der Waals surface area (Å²) in [5, 5.41) is 11.2. The van der Waals surface area contributed by atoms with Crippen molar-refractivity contribution in [2.24, 2.45) is 0 Å². The number of aliphatic hydroxyl groups is 1. The molecule has 3 rings (SSSR count). The van der Waals surface area contributed by atoms with E-state index in [1.165, 1.54) is 0 Å². The van der Waals surface area contributed by atoms with Gasteiger partial charge in [0.25, 0.3) is 0 Å². The van der Waals surface area contributed by atoms with Crippen LogP contribution in [-0.2, 0) is 16.8 Å². The van der Waals surface area contributed by atoms with Crippen LogP contribution in [0.15, 0.2) is 42.6 Å². The van der Waals surface area contributed by atoms with Crippen LogP contribution in [0.1, 0.15) is 36.6 Å². The van der Waals surface area contributed by atoms with Crippen LogP contribution in [0.3, 0.4) is 0 Å². The minimum absolute atomic E-state index is 0.0342. The molecule has 1 aromatic carbocycles. The Morgan fingerprint density at radius 2 is 2.04 bits per heavy atom. The van der Waals surface area contributed by atoms with Gasteiger partial charge in [0.15, 0.2) is 0 Å². The smallest absolute Gasteiger partial charge is 0.227 e. The fourth-order valence-electron chi connectivity index (χ4n) is 3.65. The minimum atomic E-state index is -1.11. The third-order valence-electron chi connectivity index (χ3n) is 5.22. The predicted molar refractivity (Wildman–Crippen MR) is 100.0 cm³/mol. The van der Waals surface area contributed by atoms with E-state index in [0.717, 1.165) is 35.4 Å². The Morgan fingerprint density at radius 1 is 1.31 bits per heavy atom. The third kappa shape index (κ3) is 3.73. The van der Waals surface area contributed by atoms with E-state index in [-0.39, 0.29) is 11.9 Å². The molecule has 1 N–H and O–H groups in total. The van der Waals surface area contributed by atoms with Crippen LogP contribution in [0.2, 0.25) is 0 Å². The van der Waals surface area contributed by atoms with Crippen LogP contribution in [0.25, 0.3) is 0 Å². The molecule has 5 heteroatoms. The zero-order valence-corrected chi connectivity index (χ0v) is 15.6. The largest absolute Gasteiger partial charge is 0.497 e. The van der Waals surface area contributed by atoms with Gasteiger partial charge in [0.2, 0.25) is 5.91 Å². The van der Waals surface area contributed by atoms with Gasteiger partial charge >= 0.3 is 0 Å². The van der Waals surface area contributed by atoms with Crippen LogP contribution in [0.4, 0.5) is 0 Å². The summed E-state index contributed by atoms with van der Waals surface area (Å²) in [7, 11) is 1.62. The monoisotopic (exact) mass is 354 g/mol. The van der Waals surface area contributed by atoms with E-state index in [2.05, 4.69) is 4.98 Å². The van der Waals surface area contributed by atoms with Crippen LogP contribution in [0.5, 0.6) is 5.75 Å². The highest BCUT2D eigenvalue weighted by Crippen LogP contribution is 2.35. The molecule has 2 atom stereocenters. The maximum Gasteiger partial charge on any atom is 0.227 e. The molecule has 1 aromatic heterocycles. The first kappa shape index (κ1) is 18.4. The highest BCUT2D eigenvalue weighted by Gasteiger charge is 2.42. The molecule has 1 aliphatic rings. The van der Waals surface area contributed by atoms with Crippen molar-refractivity contribution in [3.05, 3.63) is 59.4 Å². The summed E-state index contributed by atoms with van der Waals surface area (Å²) < 4.78 is 5.19. The number of nitrogens with zero attached hydrogens (tertiary/aromatic N) is 2. The fraction of sp³-hybridized carbons (Fsp3) is 0.429. The number of ether oxygens (including phenoxy) is 1. The number of hydrogen-bond acceptors (Lipinski definition) is 4. The van der Waals surface area contributed by atoms with E-state index in [1.54, 1.807) is 20.2 Å². The lowest BCUT2D eigenvalue weighted by molar-refractivity contribution is -0.137. The summed E-state index contributed by atoms with van der Waals surface area (Å²) in [5.74, 6) is 0.780. The van der Waals surface area contributed by atoms with Crippen molar-refractivity contribution in [2.75, 3.05) is 13.7 Å². The summed E-state index contributed by atoms with van der Waals surface area (Å²) in [6, 6.07) is 11.0. The highest BCUT2D eigenvalue weighted by molar-refractivity contribution is 5.79. The van der Waals surface area contributed by atoms with E-state index in [4.69, 9.17) is 4.74 Å². The number of methoxy groups -OCH3 is 1. The lowest BCUT2D eigenvalue weighted by Gasteiger charge is -2.37. The van der Waals surface area contributed by atoms with Crippen molar-refractivity contribution >= 4 is 5.91 Å². The fourth-order valence-corrected chi connectivity index (χ4v) is 3.65. The Bertz CT molecular complexity index is 754. The molecule has 0 saturated carbocycles. The lowest BCUT2D eigenvalue weighted by atomic mass is 9.86. The average Bonchev–Trinajstić information content (AvgIpc) is 3.14. The van der Waals surface area contributed by atoms with E-state index in [1.807, 2.05) is 48.2 Å². The Kier molecular flexibility index (Phi) is 5.28. The van der Waals surface area contributed by atoms with Crippen molar-refractivity contribution < 1.29 is 14.6 Å². The third-order valence-corrected chi connectivity index (χ3v) is 5.22. The maximum atomic E-state index is 12.9. The summed E-state index contributed by atoms with van der Waals surface area (Å²) in [5.41, 5.74) is 1.52. The van der Waals surface area contributed by atoms with Crippen LogP contribution >= 0.6 is 0 Å². The summed E-state index contributed by atoms with van der Waals surface area (Å²) >= 11 is 0. The van der Waals surface area contributed by atoms with Crippen molar-refractivity contribution in [3.8, 4) is 5.75 Å². The molecule has 2 aromatic rings. The van der Waals surface area contributed by atoms with E-state index in [9.17, 15) is 9.90 Å². The van der Waals surface area contributed by atoms with Gasteiger partial charge in [-0.2, -0.15) is 0 Å². The Morgan fingerprint density at radius 3 is 2.65 bits per heavy atom. The average molecular weight is 354 g/mol. The maximum absolute atomic E-state index is 12.9. The van der Waals surface area contributed by atoms with Crippen molar-refractivity contribution in [2.45, 2.75) is 44.8 Å². The molecule has 138 valence electrons. The molecule has 1 saturated heterocycles. The van der Waals surface area contributed by atoms with Gasteiger partial charge in [-0.25, -0.2) is 0 Å². The molecule has 0 aliphatic carbocycles. The second-order valence-electron chi connectivity index (χ2n) is 7.11. The van der Waals surface area contributed by atoms with Crippen molar-refractivity contribution in [1.82, 2.24) is 9.88 Å². The summed E-state index contributed by atoms with van der Waals surface area (Å²) in [4.78, 5) is 18.9. The SMILES string of the molecule is COc1ccc([C@@](C)(O)[C@H]2CCCN2C(=O)Cc2ccc(C)nc2)cc1. The van der Waals surface area contributed by atoms with Crippen LogP contribution < -0.4 is 4.74 Å². The molecule has 0 bridgehead atoms. The van der Waals surface area contributed by atoms with Gasteiger partial charge in [0.05, 0.1) is 19.6 Å². The minimum Gasteiger partial charge on any atom is -0.497 e. The zero-order valence-electron chi connectivity index (χ0n) is 15.6. The number of aromatic nitrogens is 1. The van der Waals surface area contributed by atoms with E-state index < -0.39 is 5.60 Å². The Hall–Kier alpha value is -2.40. The van der Waals surface area contributed by atoms with Gasteiger partial charge < -0.3 is 14.7 Å². The Labute approximate surface area is 154 Å². The van der Waals surface area contributed by atoms with Crippen molar-refractivity contribution in [3.63, 3.8) is 0 Å². The molecule has 1 fully saturated rings. The summed E-state index contributed by atoms with van der Waals surface area (Å²) in [6.07, 6.45) is 3.74. The number of hydrogen-bond donors (Lipinski definition) is 1. The number of rotatable bonds is 5. The second kappa shape index (κ2) is 7.46. The molecular weight excluding hydrogens is 328 g/mol. The standard InChI is InChI=1S/C21H26N2O3/c1-15-6-7-16(14-22-15)13-20(24)23-12-4-5-19(23)21(2,25)17-8-10-18(26-3)11-9-17/h6-11,14,19,25H,4-5,12-13H2,1-3H3/t19-,21-/m1/s1. The van der Waals surface area contributed by atoms with Gasteiger partial charge in [-0.05, 0) is 56.0 Å². The number of carbonyl (C=O) groups excluding carboxylic acids is 1. The molecule has 26 heavy (non-hydrogen) atoms. The van der Waals surface area contributed by atoms with Gasteiger partial charge in [0, 0.05) is 18.4 Å². The number of likely N-dealkylation sites (tertiary alicyclic amines) is 1. The summed E-state index contributed by atoms with van der Waals surface area (Å²) in [6.45, 7) is 4.39. The number of aryl methyl sites for hydroxylation is 1. The lowest BCUT2D eigenvalue weighted by Crippen LogP contribution is -2.48. The number of amides is 1. The topological polar surface area (TPSA) is 62.7 Å². The zero-order chi connectivity index (χ0) is 18.7. The van der Waals surface area contributed by atoms with Gasteiger partial charge in [0.1, 0.15) is 11.4 Å². The van der Waals surface area contributed by atoms with Gasteiger partial charge in [-0.15, -0.1) is 0 Å².